The number of aromatic nitrogens is 4. The summed E-state index contributed by atoms with van der Waals surface area (Å²) in [5.41, 5.74) is 2.98. The number of carbonyl (C=O) groups excluding carboxylic acids is 1. The fourth-order valence-electron chi connectivity index (χ4n) is 3.79. The largest absolute Gasteiger partial charge is 0.497 e. The molecule has 1 aromatic carbocycles. The molecule has 9 heteroatoms. The monoisotopic (exact) mass is 469 g/mol. The number of nitrogens with one attached hydrogen (secondary N) is 1. The molecule has 0 saturated heterocycles. The van der Waals surface area contributed by atoms with Gasteiger partial charge in [-0.2, -0.15) is 5.10 Å². The van der Waals surface area contributed by atoms with Crippen molar-refractivity contribution >= 4 is 16.9 Å². The lowest BCUT2D eigenvalue weighted by Crippen LogP contribution is -2.28. The quantitative estimate of drug-likeness (QED) is 0.357. The van der Waals surface area contributed by atoms with Crippen molar-refractivity contribution in [1.82, 2.24) is 25.1 Å². The van der Waals surface area contributed by atoms with Gasteiger partial charge < -0.3 is 19.6 Å². The van der Waals surface area contributed by atoms with Crippen LogP contribution in [0, 0.1) is 0 Å². The van der Waals surface area contributed by atoms with E-state index in [1.54, 1.807) is 67.0 Å². The topological polar surface area (TPSA) is 115 Å². The van der Waals surface area contributed by atoms with Gasteiger partial charge in [0.05, 0.1) is 42.3 Å². The zero-order chi connectivity index (χ0) is 24.2. The Bertz CT molecular complexity index is 1430. The Labute approximate surface area is 201 Å². The van der Waals surface area contributed by atoms with Crippen molar-refractivity contribution in [3.05, 3.63) is 96.3 Å². The Hall–Kier alpha value is -4.50. The summed E-state index contributed by atoms with van der Waals surface area (Å²) in [4.78, 5) is 22.2. The minimum atomic E-state index is -0.873. The molecular formula is C26H23N5O4. The number of amides is 1. The molecule has 0 aliphatic rings. The highest BCUT2D eigenvalue weighted by molar-refractivity contribution is 6.06. The van der Waals surface area contributed by atoms with Crippen molar-refractivity contribution < 1.29 is 19.1 Å². The first kappa shape index (κ1) is 22.3. The van der Waals surface area contributed by atoms with Gasteiger partial charge in [-0.3, -0.25) is 9.78 Å². The molecule has 1 unspecified atom stereocenters. The van der Waals surface area contributed by atoms with Gasteiger partial charge in [-0.1, -0.05) is 12.1 Å². The molecule has 1 amide bonds. The van der Waals surface area contributed by atoms with Gasteiger partial charge in [0.15, 0.2) is 5.65 Å². The van der Waals surface area contributed by atoms with E-state index in [1.165, 1.54) is 0 Å². The van der Waals surface area contributed by atoms with Crippen LogP contribution in [0.3, 0.4) is 0 Å². The number of furan rings is 1. The summed E-state index contributed by atoms with van der Waals surface area (Å²) in [7, 11) is 1.58. The van der Waals surface area contributed by atoms with Crippen LogP contribution in [-0.2, 0) is 6.54 Å². The second-order valence-corrected chi connectivity index (χ2v) is 7.91. The van der Waals surface area contributed by atoms with Crippen molar-refractivity contribution in [1.29, 1.82) is 0 Å². The number of aliphatic hydroxyl groups is 1. The van der Waals surface area contributed by atoms with Gasteiger partial charge in [-0.15, -0.1) is 0 Å². The predicted octanol–water partition coefficient (Wildman–Crippen LogP) is 3.61. The average molecular weight is 470 g/mol. The van der Waals surface area contributed by atoms with Gasteiger partial charge in [0.2, 0.25) is 0 Å². The molecule has 0 bridgehead atoms. The molecule has 35 heavy (non-hydrogen) atoms. The van der Waals surface area contributed by atoms with E-state index in [0.717, 1.165) is 11.3 Å². The molecule has 5 rings (SSSR count). The third kappa shape index (κ3) is 4.75. The van der Waals surface area contributed by atoms with Crippen molar-refractivity contribution in [3.63, 3.8) is 0 Å². The van der Waals surface area contributed by atoms with Crippen LogP contribution in [0.1, 0.15) is 27.8 Å². The molecule has 1 atom stereocenters. The molecule has 0 saturated carbocycles. The van der Waals surface area contributed by atoms with Crippen LogP contribution in [0.25, 0.3) is 22.3 Å². The van der Waals surface area contributed by atoms with Crippen LogP contribution in [0.4, 0.5) is 0 Å². The van der Waals surface area contributed by atoms with Crippen LogP contribution < -0.4 is 10.1 Å². The maximum atomic E-state index is 13.3. The Morgan fingerprint density at radius 3 is 2.74 bits per heavy atom. The van der Waals surface area contributed by atoms with Crippen molar-refractivity contribution in [3.8, 4) is 17.0 Å². The van der Waals surface area contributed by atoms with E-state index in [0.29, 0.717) is 40.1 Å². The predicted molar refractivity (Wildman–Crippen MR) is 129 cm³/mol. The highest BCUT2D eigenvalue weighted by atomic mass is 16.5. The van der Waals surface area contributed by atoms with Crippen molar-refractivity contribution in [2.75, 3.05) is 13.7 Å². The number of benzene rings is 1. The SMILES string of the molecule is COc1ccc(C(O)CNC(=O)c2cc(-c3cccnc3)nc3c2cnn3Cc2ccco2)cc1. The van der Waals surface area contributed by atoms with Gasteiger partial charge >= 0.3 is 0 Å². The Balaban J connectivity index is 1.45. The highest BCUT2D eigenvalue weighted by Gasteiger charge is 2.19. The molecule has 0 fully saturated rings. The normalized spacial score (nSPS) is 11.9. The number of carbonyl (C=O) groups is 1. The van der Waals surface area contributed by atoms with Gasteiger partial charge in [-0.25, -0.2) is 9.67 Å². The number of methoxy groups -OCH3 is 1. The smallest absolute Gasteiger partial charge is 0.252 e. The molecule has 5 aromatic rings. The lowest BCUT2D eigenvalue weighted by molar-refractivity contribution is 0.0918. The summed E-state index contributed by atoms with van der Waals surface area (Å²) < 4.78 is 12.3. The van der Waals surface area contributed by atoms with Crippen LogP contribution in [0.5, 0.6) is 5.75 Å². The molecule has 176 valence electrons. The lowest BCUT2D eigenvalue weighted by atomic mass is 10.1. The molecule has 0 aliphatic carbocycles. The third-order valence-electron chi connectivity index (χ3n) is 5.65. The van der Waals surface area contributed by atoms with Gasteiger partial charge in [0.1, 0.15) is 18.1 Å². The second-order valence-electron chi connectivity index (χ2n) is 7.91. The van der Waals surface area contributed by atoms with Crippen LogP contribution in [0.15, 0.2) is 83.9 Å². The van der Waals surface area contributed by atoms with Crippen LogP contribution >= 0.6 is 0 Å². The first-order valence-electron chi connectivity index (χ1n) is 11.0. The molecule has 0 radical (unpaired) electrons. The average Bonchev–Trinajstić information content (AvgIpc) is 3.57. The van der Waals surface area contributed by atoms with E-state index in [2.05, 4.69) is 15.4 Å². The molecule has 9 nitrogen and oxygen atoms in total. The van der Waals surface area contributed by atoms with Crippen molar-refractivity contribution in [2.45, 2.75) is 12.6 Å². The summed E-state index contributed by atoms with van der Waals surface area (Å²) in [6.07, 6.45) is 5.71. The molecule has 4 aromatic heterocycles. The standard InChI is InChI=1S/C26H23N5O4/c1-34-19-8-6-17(7-9-19)24(32)15-28-26(33)21-12-23(18-4-2-10-27-13-18)30-25-22(21)14-29-31(25)16-20-5-3-11-35-20/h2-14,24,32H,15-16H2,1H3,(H,28,33). The van der Waals surface area contributed by atoms with E-state index in [1.807, 2.05) is 24.3 Å². The molecule has 2 N–H and O–H groups in total. The van der Waals surface area contributed by atoms with E-state index in [4.69, 9.17) is 14.1 Å². The number of aliphatic hydroxyl groups excluding tert-OH is 1. The lowest BCUT2D eigenvalue weighted by Gasteiger charge is -2.14. The zero-order valence-corrected chi connectivity index (χ0v) is 19.0. The summed E-state index contributed by atoms with van der Waals surface area (Å²) in [6.45, 7) is 0.412. The summed E-state index contributed by atoms with van der Waals surface area (Å²) >= 11 is 0. The number of rotatable bonds is 8. The van der Waals surface area contributed by atoms with Gasteiger partial charge in [0.25, 0.3) is 5.91 Å². The van der Waals surface area contributed by atoms with Crippen molar-refractivity contribution in [2.24, 2.45) is 0 Å². The third-order valence-corrected chi connectivity index (χ3v) is 5.65. The minimum Gasteiger partial charge on any atom is -0.497 e. The number of hydrogen-bond donors (Lipinski definition) is 2. The van der Waals surface area contributed by atoms with Gasteiger partial charge in [-0.05, 0) is 48.0 Å². The number of hydrogen-bond acceptors (Lipinski definition) is 7. The summed E-state index contributed by atoms with van der Waals surface area (Å²) in [6, 6.07) is 16.1. The molecular weight excluding hydrogens is 446 g/mol. The summed E-state index contributed by atoms with van der Waals surface area (Å²) in [5, 5.41) is 18.4. The maximum absolute atomic E-state index is 13.3. The van der Waals surface area contributed by atoms with Crippen LogP contribution in [-0.4, -0.2) is 44.4 Å². The molecule has 0 spiro atoms. The first-order chi connectivity index (χ1) is 17.1. The molecule has 0 aliphatic heterocycles. The Morgan fingerprint density at radius 2 is 2.03 bits per heavy atom. The summed E-state index contributed by atoms with van der Waals surface area (Å²) in [5.74, 6) is 1.07. The fraction of sp³-hybridized carbons (Fsp3) is 0.154. The number of fused-ring (bicyclic) bond motifs is 1. The van der Waals surface area contributed by atoms with E-state index < -0.39 is 6.10 Å². The van der Waals surface area contributed by atoms with Gasteiger partial charge in [0, 0.05) is 24.5 Å². The first-order valence-corrected chi connectivity index (χ1v) is 11.0. The number of pyridine rings is 2. The Morgan fingerprint density at radius 1 is 1.17 bits per heavy atom. The minimum absolute atomic E-state index is 0.0394. The van der Waals surface area contributed by atoms with E-state index in [-0.39, 0.29) is 12.5 Å². The second kappa shape index (κ2) is 9.78. The molecule has 4 heterocycles. The zero-order valence-electron chi connectivity index (χ0n) is 19.0. The van der Waals surface area contributed by atoms with E-state index in [9.17, 15) is 9.90 Å². The number of nitrogens with zero attached hydrogens (tertiary/aromatic N) is 4. The maximum Gasteiger partial charge on any atom is 0.252 e. The highest BCUT2D eigenvalue weighted by Crippen LogP contribution is 2.25. The Kier molecular flexibility index (Phi) is 6.23. The fourth-order valence-corrected chi connectivity index (χ4v) is 3.79. The van der Waals surface area contributed by atoms with Crippen LogP contribution in [0.2, 0.25) is 0 Å². The van der Waals surface area contributed by atoms with E-state index >= 15 is 0 Å². The number of ether oxygens (including phenoxy) is 1.